The molecule has 0 saturated carbocycles. The van der Waals surface area contributed by atoms with Gasteiger partial charge in [0, 0.05) is 53.3 Å². The molecular formula is C46H29NOS. The number of furan rings is 1. The van der Waals surface area contributed by atoms with Crippen LogP contribution in [0.25, 0.3) is 75.1 Å². The van der Waals surface area contributed by atoms with Gasteiger partial charge in [0.25, 0.3) is 0 Å². The lowest BCUT2D eigenvalue weighted by atomic mass is 9.98. The zero-order valence-electron chi connectivity index (χ0n) is 26.5. The molecule has 0 spiro atoms. The van der Waals surface area contributed by atoms with Crippen molar-refractivity contribution in [1.29, 1.82) is 0 Å². The van der Waals surface area contributed by atoms with E-state index in [9.17, 15) is 0 Å². The number of hydrogen-bond acceptors (Lipinski definition) is 3. The third-order valence-electron chi connectivity index (χ3n) is 9.67. The molecule has 2 heterocycles. The molecule has 2 aromatic heterocycles. The third kappa shape index (κ3) is 4.55. The van der Waals surface area contributed by atoms with E-state index < -0.39 is 0 Å². The van der Waals surface area contributed by atoms with E-state index in [0.717, 1.165) is 39.0 Å². The Morgan fingerprint density at radius 2 is 1.06 bits per heavy atom. The fourth-order valence-corrected chi connectivity index (χ4v) is 8.57. The molecule has 49 heavy (non-hydrogen) atoms. The van der Waals surface area contributed by atoms with E-state index in [-0.39, 0.29) is 0 Å². The Morgan fingerprint density at radius 1 is 0.449 bits per heavy atom. The van der Waals surface area contributed by atoms with E-state index >= 15 is 0 Å². The van der Waals surface area contributed by atoms with Crippen LogP contribution in [0.1, 0.15) is 0 Å². The predicted molar refractivity (Wildman–Crippen MR) is 210 cm³/mol. The van der Waals surface area contributed by atoms with Crippen molar-refractivity contribution in [2.75, 3.05) is 4.90 Å². The van der Waals surface area contributed by atoms with Gasteiger partial charge in [-0.15, -0.1) is 11.3 Å². The van der Waals surface area contributed by atoms with E-state index in [2.05, 4.69) is 175 Å². The molecule has 0 bridgehead atoms. The Balaban J connectivity index is 1.15. The summed E-state index contributed by atoms with van der Waals surface area (Å²) in [6.07, 6.45) is 0. The van der Waals surface area contributed by atoms with Gasteiger partial charge in [0.05, 0.1) is 5.69 Å². The van der Waals surface area contributed by atoms with Crippen molar-refractivity contribution < 1.29 is 4.42 Å². The van der Waals surface area contributed by atoms with Gasteiger partial charge >= 0.3 is 0 Å². The maximum Gasteiger partial charge on any atom is 0.144 e. The summed E-state index contributed by atoms with van der Waals surface area (Å²) in [6, 6.07) is 63.1. The molecule has 0 amide bonds. The lowest BCUT2D eigenvalue weighted by molar-refractivity contribution is 0.673. The molecule has 10 rings (SSSR count). The van der Waals surface area contributed by atoms with Crippen LogP contribution >= 0.6 is 11.3 Å². The fraction of sp³-hybridized carbons (Fsp3) is 0. The first-order valence-corrected chi connectivity index (χ1v) is 17.4. The van der Waals surface area contributed by atoms with Crippen LogP contribution in [0, 0.1) is 0 Å². The lowest BCUT2D eigenvalue weighted by Crippen LogP contribution is -2.10. The number of fused-ring (bicyclic) bond motifs is 8. The maximum atomic E-state index is 6.54. The molecule has 0 saturated heterocycles. The zero-order chi connectivity index (χ0) is 32.3. The number of thiophene rings is 1. The van der Waals surface area contributed by atoms with Gasteiger partial charge in [0.1, 0.15) is 11.2 Å². The normalized spacial score (nSPS) is 11.7. The number of benzene rings is 8. The zero-order valence-corrected chi connectivity index (χ0v) is 27.3. The topological polar surface area (TPSA) is 16.4 Å². The summed E-state index contributed by atoms with van der Waals surface area (Å²) >= 11 is 1.84. The number of para-hydroxylation sites is 1. The molecule has 0 radical (unpaired) electrons. The number of hydrogen-bond donors (Lipinski definition) is 0. The molecule has 0 fully saturated rings. The monoisotopic (exact) mass is 643 g/mol. The molecule has 0 unspecified atom stereocenters. The van der Waals surface area contributed by atoms with Crippen LogP contribution in [-0.2, 0) is 0 Å². The lowest BCUT2D eigenvalue weighted by Gasteiger charge is -2.27. The largest absolute Gasteiger partial charge is 0.455 e. The molecule has 3 heteroatoms. The van der Waals surface area contributed by atoms with Crippen molar-refractivity contribution in [3.63, 3.8) is 0 Å². The Morgan fingerprint density at radius 3 is 1.86 bits per heavy atom. The second kappa shape index (κ2) is 11.2. The summed E-state index contributed by atoms with van der Waals surface area (Å²) < 4.78 is 9.06. The molecule has 0 atom stereocenters. The van der Waals surface area contributed by atoms with Gasteiger partial charge in [0.15, 0.2) is 0 Å². The van der Waals surface area contributed by atoms with Gasteiger partial charge in [-0.1, -0.05) is 127 Å². The van der Waals surface area contributed by atoms with Crippen LogP contribution in [0.2, 0.25) is 0 Å². The van der Waals surface area contributed by atoms with Crippen molar-refractivity contribution in [1.82, 2.24) is 0 Å². The van der Waals surface area contributed by atoms with Crippen molar-refractivity contribution in [2.45, 2.75) is 0 Å². The van der Waals surface area contributed by atoms with Crippen molar-refractivity contribution in [3.05, 3.63) is 176 Å². The highest BCUT2D eigenvalue weighted by Crippen LogP contribution is 2.47. The smallest absolute Gasteiger partial charge is 0.144 e. The minimum atomic E-state index is 0.922. The van der Waals surface area contributed by atoms with Crippen LogP contribution in [0.3, 0.4) is 0 Å². The molecule has 2 nitrogen and oxygen atoms in total. The summed E-state index contributed by atoms with van der Waals surface area (Å²) in [5.74, 6) is 0. The molecule has 0 aliphatic carbocycles. The number of anilines is 3. The fourth-order valence-electron chi connectivity index (χ4n) is 7.33. The van der Waals surface area contributed by atoms with E-state index in [1.807, 2.05) is 17.4 Å². The van der Waals surface area contributed by atoms with Crippen LogP contribution in [0.4, 0.5) is 17.1 Å². The van der Waals surface area contributed by atoms with Crippen molar-refractivity contribution in [2.24, 2.45) is 0 Å². The summed E-state index contributed by atoms with van der Waals surface area (Å²) in [5.41, 5.74) is 10.1. The molecule has 8 aromatic carbocycles. The highest BCUT2D eigenvalue weighted by atomic mass is 32.1. The minimum absolute atomic E-state index is 0.922. The average Bonchev–Trinajstić information content (AvgIpc) is 3.74. The van der Waals surface area contributed by atoms with Gasteiger partial charge < -0.3 is 9.32 Å². The Kier molecular flexibility index (Phi) is 6.39. The SMILES string of the molecule is c1ccc(-c2ccc(N(c3ccc(-c4cc5c6ccccc6oc5c5c4sc4ccccc45)cc3)c3cccc4ccccc34)cc2)cc1. The Hall–Kier alpha value is -6.16. The Bertz CT molecular complexity index is 2800. The summed E-state index contributed by atoms with van der Waals surface area (Å²) in [5, 5.41) is 7.17. The molecule has 0 aliphatic heterocycles. The second-order valence-corrected chi connectivity index (χ2v) is 13.5. The van der Waals surface area contributed by atoms with Crippen LogP contribution < -0.4 is 4.90 Å². The van der Waals surface area contributed by atoms with E-state index in [1.54, 1.807) is 0 Å². The van der Waals surface area contributed by atoms with E-state index in [1.165, 1.54) is 53.2 Å². The predicted octanol–water partition coefficient (Wildman–Crippen LogP) is 13.9. The number of rotatable bonds is 5. The van der Waals surface area contributed by atoms with Crippen molar-refractivity contribution in [3.8, 4) is 22.3 Å². The Labute approximate surface area is 287 Å². The standard InChI is InChI=1S/C46H29NOS/c1-2-11-30(12-3-1)31-21-25-34(26-22-31)47(41-18-10-14-32-13-4-5-15-36(32)41)35-27-23-33(24-28-35)39-29-40-37-16-6-8-19-42(37)48-45(40)44-38-17-7-9-20-43(38)49-46(39)44/h1-29H. The third-order valence-corrected chi connectivity index (χ3v) is 10.9. The molecular weight excluding hydrogens is 615 g/mol. The minimum Gasteiger partial charge on any atom is -0.455 e. The highest BCUT2D eigenvalue weighted by molar-refractivity contribution is 7.26. The van der Waals surface area contributed by atoms with E-state index in [4.69, 9.17) is 4.42 Å². The average molecular weight is 644 g/mol. The first-order valence-electron chi connectivity index (χ1n) is 16.6. The van der Waals surface area contributed by atoms with Gasteiger partial charge in [-0.05, 0) is 70.6 Å². The van der Waals surface area contributed by atoms with Gasteiger partial charge in [-0.25, -0.2) is 0 Å². The van der Waals surface area contributed by atoms with Crippen LogP contribution in [-0.4, -0.2) is 0 Å². The van der Waals surface area contributed by atoms with Gasteiger partial charge in [-0.3, -0.25) is 0 Å². The highest BCUT2D eigenvalue weighted by Gasteiger charge is 2.20. The first kappa shape index (κ1) is 27.9. The summed E-state index contributed by atoms with van der Waals surface area (Å²) in [4.78, 5) is 2.38. The molecule has 230 valence electrons. The van der Waals surface area contributed by atoms with Crippen LogP contribution in [0.5, 0.6) is 0 Å². The molecule has 10 aromatic rings. The van der Waals surface area contributed by atoms with E-state index in [0.29, 0.717) is 0 Å². The second-order valence-electron chi connectivity index (χ2n) is 12.5. The van der Waals surface area contributed by atoms with Crippen LogP contribution in [0.15, 0.2) is 180 Å². The van der Waals surface area contributed by atoms with Gasteiger partial charge in [-0.2, -0.15) is 0 Å². The molecule has 0 aliphatic rings. The quantitative estimate of drug-likeness (QED) is 0.186. The summed E-state index contributed by atoms with van der Waals surface area (Å²) in [7, 11) is 0. The molecule has 0 N–H and O–H groups in total. The maximum absolute atomic E-state index is 6.54. The first-order chi connectivity index (χ1) is 24.3. The summed E-state index contributed by atoms with van der Waals surface area (Å²) in [6.45, 7) is 0. The number of nitrogens with zero attached hydrogens (tertiary/aromatic N) is 1. The van der Waals surface area contributed by atoms with Gasteiger partial charge in [0.2, 0.25) is 0 Å². The van der Waals surface area contributed by atoms with Crippen molar-refractivity contribution >= 4 is 81.3 Å².